The third-order valence-corrected chi connectivity index (χ3v) is 7.56. The Morgan fingerprint density at radius 2 is 1.97 bits per heavy atom. The van der Waals surface area contributed by atoms with E-state index in [-0.39, 0.29) is 24.6 Å². The largest absolute Gasteiger partial charge is 0.481 e. The maximum absolute atomic E-state index is 12.6. The van der Waals surface area contributed by atoms with Gasteiger partial charge >= 0.3 is 12.1 Å². The summed E-state index contributed by atoms with van der Waals surface area (Å²) in [6.45, 7) is 5.32. The number of fused-ring (bicyclic) bond motifs is 3. The van der Waals surface area contributed by atoms with Crippen molar-refractivity contribution in [1.29, 1.82) is 0 Å². The fourth-order valence-corrected chi connectivity index (χ4v) is 5.63. The molecule has 1 amide bonds. The summed E-state index contributed by atoms with van der Waals surface area (Å²) in [5.74, 6) is -0.844. The SMILES string of the molecule is COC(=O)N1c2ccc3c(nc(CC(C(=O)O)c4ccc(C)cc4)n3C3CCCOC3)c2CCC1C. The van der Waals surface area contributed by atoms with Crippen molar-refractivity contribution in [3.05, 3.63) is 58.9 Å². The Labute approximate surface area is 210 Å². The Balaban J connectivity index is 1.64. The summed E-state index contributed by atoms with van der Waals surface area (Å²) in [7, 11) is 1.40. The van der Waals surface area contributed by atoms with Crippen LogP contribution in [-0.2, 0) is 27.1 Å². The average molecular weight is 492 g/mol. The van der Waals surface area contributed by atoms with Crippen LogP contribution < -0.4 is 4.90 Å². The van der Waals surface area contributed by atoms with Gasteiger partial charge in [-0.2, -0.15) is 0 Å². The van der Waals surface area contributed by atoms with E-state index in [9.17, 15) is 14.7 Å². The molecule has 2 aliphatic heterocycles. The molecule has 3 unspecified atom stereocenters. The number of aryl methyl sites for hydroxylation is 2. The normalized spacial score (nSPS) is 20.7. The second kappa shape index (κ2) is 9.93. The number of aromatic nitrogens is 2. The van der Waals surface area contributed by atoms with Crippen molar-refractivity contribution in [1.82, 2.24) is 9.55 Å². The van der Waals surface area contributed by atoms with Crippen molar-refractivity contribution in [3.63, 3.8) is 0 Å². The van der Waals surface area contributed by atoms with Gasteiger partial charge < -0.3 is 19.1 Å². The number of carboxylic acid groups (broad SMARTS) is 1. The third-order valence-electron chi connectivity index (χ3n) is 7.56. The highest BCUT2D eigenvalue weighted by Crippen LogP contribution is 2.39. The van der Waals surface area contributed by atoms with Crippen molar-refractivity contribution in [2.75, 3.05) is 25.2 Å². The molecule has 1 saturated heterocycles. The van der Waals surface area contributed by atoms with Crippen molar-refractivity contribution >= 4 is 28.8 Å². The van der Waals surface area contributed by atoms with E-state index in [0.717, 1.165) is 71.5 Å². The van der Waals surface area contributed by atoms with Gasteiger partial charge in [-0.25, -0.2) is 9.78 Å². The summed E-state index contributed by atoms with van der Waals surface area (Å²) in [5.41, 5.74) is 5.48. The van der Waals surface area contributed by atoms with Crippen LogP contribution in [0.4, 0.5) is 10.5 Å². The van der Waals surface area contributed by atoms with Crippen molar-refractivity contribution in [3.8, 4) is 0 Å². The molecule has 0 aliphatic carbocycles. The third kappa shape index (κ3) is 4.34. The number of ether oxygens (including phenoxy) is 2. The zero-order chi connectivity index (χ0) is 25.4. The number of rotatable bonds is 5. The number of carbonyl (C=O) groups is 2. The fraction of sp³-hybridized carbons (Fsp3) is 0.464. The number of carboxylic acids is 1. The molecule has 0 bridgehead atoms. The summed E-state index contributed by atoms with van der Waals surface area (Å²) in [6, 6.07) is 11.8. The van der Waals surface area contributed by atoms with Crippen molar-refractivity contribution < 1.29 is 24.2 Å². The van der Waals surface area contributed by atoms with Crippen molar-refractivity contribution in [2.24, 2.45) is 0 Å². The van der Waals surface area contributed by atoms with Gasteiger partial charge in [-0.1, -0.05) is 29.8 Å². The van der Waals surface area contributed by atoms with E-state index in [1.54, 1.807) is 4.90 Å². The molecule has 0 radical (unpaired) electrons. The first kappa shape index (κ1) is 24.3. The number of amides is 1. The van der Waals surface area contributed by atoms with Crippen LogP contribution in [0.2, 0.25) is 0 Å². The number of hydrogen-bond acceptors (Lipinski definition) is 5. The number of benzene rings is 2. The molecule has 2 aromatic carbocycles. The highest BCUT2D eigenvalue weighted by molar-refractivity contribution is 5.95. The summed E-state index contributed by atoms with van der Waals surface area (Å²) >= 11 is 0. The van der Waals surface area contributed by atoms with Crippen LogP contribution in [0.3, 0.4) is 0 Å². The molecule has 0 spiro atoms. The first-order valence-corrected chi connectivity index (χ1v) is 12.7. The number of hydrogen-bond donors (Lipinski definition) is 1. The van der Waals surface area contributed by atoms with E-state index in [4.69, 9.17) is 14.5 Å². The Morgan fingerprint density at radius 1 is 1.19 bits per heavy atom. The Morgan fingerprint density at radius 3 is 2.64 bits per heavy atom. The topological polar surface area (TPSA) is 93.9 Å². The first-order valence-electron chi connectivity index (χ1n) is 12.7. The van der Waals surface area contributed by atoms with E-state index < -0.39 is 11.9 Å². The monoisotopic (exact) mass is 491 g/mol. The van der Waals surface area contributed by atoms with Crippen LogP contribution in [0.25, 0.3) is 11.0 Å². The number of methoxy groups -OCH3 is 1. The molecule has 8 nitrogen and oxygen atoms in total. The van der Waals surface area contributed by atoms with Gasteiger partial charge in [0.05, 0.1) is 42.4 Å². The zero-order valence-electron chi connectivity index (χ0n) is 21.1. The molecule has 5 rings (SSSR count). The lowest BCUT2D eigenvalue weighted by Crippen LogP contribution is -2.42. The molecule has 3 aromatic rings. The molecule has 190 valence electrons. The summed E-state index contributed by atoms with van der Waals surface area (Å²) in [6.07, 6.45) is 3.38. The van der Waals surface area contributed by atoms with Gasteiger partial charge in [-0.05, 0) is 57.2 Å². The number of nitrogens with zero attached hydrogens (tertiary/aromatic N) is 3. The van der Waals surface area contributed by atoms with E-state index in [1.165, 1.54) is 7.11 Å². The summed E-state index contributed by atoms with van der Waals surface area (Å²) < 4.78 is 13.1. The molecule has 3 atom stereocenters. The molecule has 1 aromatic heterocycles. The molecule has 8 heteroatoms. The Hall–Kier alpha value is -3.39. The molecule has 3 heterocycles. The lowest BCUT2D eigenvalue weighted by molar-refractivity contribution is -0.138. The minimum absolute atomic E-state index is 0.0219. The van der Waals surface area contributed by atoms with Crippen LogP contribution in [0.1, 0.15) is 60.7 Å². The first-order chi connectivity index (χ1) is 17.4. The van der Waals surface area contributed by atoms with Gasteiger partial charge in [0.15, 0.2) is 0 Å². The lowest BCUT2D eigenvalue weighted by atomic mass is 9.94. The maximum Gasteiger partial charge on any atom is 0.414 e. The minimum Gasteiger partial charge on any atom is -0.481 e. The molecular weight excluding hydrogens is 458 g/mol. The Bertz CT molecular complexity index is 1280. The lowest BCUT2D eigenvalue weighted by Gasteiger charge is -2.34. The van der Waals surface area contributed by atoms with Crippen LogP contribution in [0.15, 0.2) is 36.4 Å². The second-order valence-electron chi connectivity index (χ2n) is 9.93. The van der Waals surface area contributed by atoms with Gasteiger partial charge in [-0.15, -0.1) is 0 Å². The number of aliphatic carboxylic acids is 1. The van der Waals surface area contributed by atoms with Gasteiger partial charge in [0.25, 0.3) is 0 Å². The molecule has 1 N–H and O–H groups in total. The predicted octanol–water partition coefficient (Wildman–Crippen LogP) is 5.01. The number of carbonyl (C=O) groups excluding carboxylic acids is 1. The predicted molar refractivity (Wildman–Crippen MR) is 137 cm³/mol. The molecular formula is C28H33N3O5. The van der Waals surface area contributed by atoms with Crippen LogP contribution in [0, 0.1) is 6.92 Å². The smallest absolute Gasteiger partial charge is 0.414 e. The molecule has 0 saturated carbocycles. The average Bonchev–Trinajstić information content (AvgIpc) is 3.26. The van der Waals surface area contributed by atoms with Gasteiger partial charge in [0, 0.05) is 24.6 Å². The zero-order valence-corrected chi connectivity index (χ0v) is 21.1. The fourth-order valence-electron chi connectivity index (χ4n) is 5.63. The molecule has 36 heavy (non-hydrogen) atoms. The highest BCUT2D eigenvalue weighted by Gasteiger charge is 2.33. The van der Waals surface area contributed by atoms with E-state index >= 15 is 0 Å². The maximum atomic E-state index is 12.6. The quantitative estimate of drug-likeness (QED) is 0.539. The van der Waals surface area contributed by atoms with Gasteiger partial charge in [0.1, 0.15) is 5.82 Å². The van der Waals surface area contributed by atoms with E-state index in [0.29, 0.717) is 6.61 Å². The van der Waals surface area contributed by atoms with Crippen molar-refractivity contribution in [2.45, 2.75) is 64.0 Å². The standard InChI is InChI=1S/C28H33N3O5/c1-17-6-9-19(10-7-17)22(27(32)33)15-25-29-26-21-11-8-18(2)30(28(34)35-3)23(21)12-13-24(26)31(25)20-5-4-14-36-16-20/h6-7,9-10,12-13,18,20,22H,4-5,8,11,14-16H2,1-3H3,(H,32,33). The highest BCUT2D eigenvalue weighted by atomic mass is 16.5. The van der Waals surface area contributed by atoms with E-state index in [1.807, 2.05) is 50.2 Å². The number of anilines is 1. The summed E-state index contributed by atoms with van der Waals surface area (Å²) in [4.78, 5) is 31.8. The molecule has 2 aliphatic rings. The Kier molecular flexibility index (Phi) is 6.71. The van der Waals surface area contributed by atoms with Crippen LogP contribution >= 0.6 is 0 Å². The summed E-state index contributed by atoms with van der Waals surface area (Å²) in [5, 5.41) is 10.2. The van der Waals surface area contributed by atoms with Crippen LogP contribution in [-0.4, -0.2) is 53.1 Å². The second-order valence-corrected chi connectivity index (χ2v) is 9.93. The minimum atomic E-state index is -0.870. The number of imidazole rings is 1. The van der Waals surface area contributed by atoms with Gasteiger partial charge in [-0.3, -0.25) is 9.69 Å². The van der Waals surface area contributed by atoms with Gasteiger partial charge in [0.2, 0.25) is 0 Å². The molecule has 1 fully saturated rings. The van der Waals surface area contributed by atoms with Crippen LogP contribution in [0.5, 0.6) is 0 Å². The van der Waals surface area contributed by atoms with E-state index in [2.05, 4.69) is 4.57 Å².